The van der Waals surface area contributed by atoms with E-state index in [-0.39, 0.29) is 30.6 Å². The Kier molecular flexibility index (Phi) is 5.15. The quantitative estimate of drug-likeness (QED) is 0.789. The first kappa shape index (κ1) is 16.0. The van der Waals surface area contributed by atoms with Gasteiger partial charge >= 0.3 is 5.97 Å². The average Bonchev–Trinajstić information content (AvgIpc) is 2.48. The molecule has 0 heterocycles. The zero-order valence-corrected chi connectivity index (χ0v) is 13.0. The Morgan fingerprint density at radius 1 is 1.18 bits per heavy atom. The summed E-state index contributed by atoms with van der Waals surface area (Å²) in [6.45, 7) is 3.96. The van der Waals surface area contributed by atoms with Crippen molar-refractivity contribution >= 4 is 5.97 Å². The van der Waals surface area contributed by atoms with Crippen molar-refractivity contribution in [2.45, 2.75) is 26.9 Å². The third-order valence-corrected chi connectivity index (χ3v) is 3.53. The van der Waals surface area contributed by atoms with Crippen LogP contribution in [0, 0.1) is 19.7 Å². The summed E-state index contributed by atoms with van der Waals surface area (Å²) >= 11 is 0. The van der Waals surface area contributed by atoms with Crippen LogP contribution >= 0.6 is 0 Å². The molecule has 2 rings (SSSR count). The summed E-state index contributed by atoms with van der Waals surface area (Å²) in [5.74, 6) is -0.491. The van der Waals surface area contributed by atoms with Gasteiger partial charge in [-0.25, -0.2) is 4.39 Å². The Morgan fingerprint density at radius 2 is 1.95 bits per heavy atom. The van der Waals surface area contributed by atoms with Gasteiger partial charge in [-0.3, -0.25) is 4.79 Å². The lowest BCUT2D eigenvalue weighted by Gasteiger charge is -2.14. The van der Waals surface area contributed by atoms with E-state index in [1.165, 1.54) is 13.2 Å². The molecule has 0 unspecified atom stereocenters. The molecular formula is C18H19FO3. The largest absolute Gasteiger partial charge is 0.486 e. The van der Waals surface area contributed by atoms with Gasteiger partial charge in [0.1, 0.15) is 6.61 Å². The van der Waals surface area contributed by atoms with Gasteiger partial charge in [0.25, 0.3) is 0 Å². The van der Waals surface area contributed by atoms with Gasteiger partial charge in [0.15, 0.2) is 11.6 Å². The predicted molar refractivity (Wildman–Crippen MR) is 82.4 cm³/mol. The third kappa shape index (κ3) is 3.85. The van der Waals surface area contributed by atoms with Crippen LogP contribution in [0.4, 0.5) is 4.39 Å². The molecule has 0 radical (unpaired) electrons. The highest BCUT2D eigenvalue weighted by molar-refractivity contribution is 5.73. The lowest BCUT2D eigenvalue weighted by molar-refractivity contribution is -0.139. The second-order valence-electron chi connectivity index (χ2n) is 5.19. The molecule has 2 aromatic rings. The highest BCUT2D eigenvalue weighted by Gasteiger charge is 2.12. The van der Waals surface area contributed by atoms with Gasteiger partial charge in [-0.1, -0.05) is 24.3 Å². The Hall–Kier alpha value is -2.36. The molecule has 0 amide bonds. The lowest BCUT2D eigenvalue weighted by Crippen LogP contribution is -2.10. The number of aryl methyl sites for hydroxylation is 2. The van der Waals surface area contributed by atoms with Crippen molar-refractivity contribution in [1.82, 2.24) is 0 Å². The van der Waals surface area contributed by atoms with Gasteiger partial charge in [-0.2, -0.15) is 0 Å². The molecule has 3 nitrogen and oxygen atoms in total. The van der Waals surface area contributed by atoms with E-state index in [4.69, 9.17) is 9.47 Å². The number of esters is 1. The van der Waals surface area contributed by atoms with Gasteiger partial charge in [0.05, 0.1) is 13.5 Å². The number of hydrogen-bond acceptors (Lipinski definition) is 3. The first-order valence-corrected chi connectivity index (χ1v) is 7.04. The van der Waals surface area contributed by atoms with Gasteiger partial charge in [-0.15, -0.1) is 0 Å². The molecule has 0 saturated heterocycles. The maximum atomic E-state index is 13.8. The molecule has 0 spiro atoms. The smallest absolute Gasteiger partial charge is 0.309 e. The first-order valence-electron chi connectivity index (χ1n) is 7.04. The maximum Gasteiger partial charge on any atom is 0.309 e. The highest BCUT2D eigenvalue weighted by atomic mass is 19.1. The van der Waals surface area contributed by atoms with Gasteiger partial charge in [0.2, 0.25) is 0 Å². The zero-order valence-electron chi connectivity index (χ0n) is 13.0. The van der Waals surface area contributed by atoms with Crippen LogP contribution in [0.15, 0.2) is 36.4 Å². The summed E-state index contributed by atoms with van der Waals surface area (Å²) in [6, 6.07) is 10.5. The van der Waals surface area contributed by atoms with Crippen molar-refractivity contribution in [3.8, 4) is 5.75 Å². The SMILES string of the molecule is COC(=O)Cc1cccc(C)c1COc1ccc(C)cc1F. The van der Waals surface area contributed by atoms with Crippen LogP contribution < -0.4 is 4.74 Å². The minimum absolute atomic E-state index is 0.174. The predicted octanol–water partition coefficient (Wildman–Crippen LogP) is 3.74. The van der Waals surface area contributed by atoms with E-state index in [9.17, 15) is 9.18 Å². The summed E-state index contributed by atoms with van der Waals surface area (Å²) in [5.41, 5.74) is 3.55. The monoisotopic (exact) mass is 302 g/mol. The molecular weight excluding hydrogens is 283 g/mol. The van der Waals surface area contributed by atoms with Crippen molar-refractivity contribution < 1.29 is 18.7 Å². The normalized spacial score (nSPS) is 10.4. The Balaban J connectivity index is 2.19. The standard InChI is InChI=1S/C18H19FO3/c1-12-7-8-17(16(19)9-12)22-11-15-13(2)5-4-6-14(15)10-18(20)21-3/h4-9H,10-11H2,1-3H3. The molecule has 22 heavy (non-hydrogen) atoms. The maximum absolute atomic E-state index is 13.8. The van der Waals surface area contributed by atoms with E-state index < -0.39 is 0 Å². The Labute approximate surface area is 129 Å². The molecule has 0 aromatic heterocycles. The molecule has 0 aliphatic rings. The van der Waals surface area contributed by atoms with E-state index in [1.54, 1.807) is 12.1 Å². The van der Waals surface area contributed by atoms with Crippen LogP contribution in [-0.4, -0.2) is 13.1 Å². The fourth-order valence-electron chi connectivity index (χ4n) is 2.24. The van der Waals surface area contributed by atoms with E-state index in [0.29, 0.717) is 0 Å². The number of ether oxygens (including phenoxy) is 2. The van der Waals surface area contributed by atoms with E-state index in [1.807, 2.05) is 32.0 Å². The summed E-state index contributed by atoms with van der Waals surface area (Å²) in [7, 11) is 1.36. The molecule has 0 saturated carbocycles. The van der Waals surface area contributed by atoms with Gasteiger partial charge in [0, 0.05) is 0 Å². The molecule has 0 aliphatic heterocycles. The summed E-state index contributed by atoms with van der Waals surface area (Å²) in [5, 5.41) is 0. The van der Waals surface area contributed by atoms with Crippen molar-refractivity contribution in [2.24, 2.45) is 0 Å². The van der Waals surface area contributed by atoms with Crippen LogP contribution in [0.25, 0.3) is 0 Å². The van der Waals surface area contributed by atoms with Gasteiger partial charge < -0.3 is 9.47 Å². The topological polar surface area (TPSA) is 35.5 Å². The van der Waals surface area contributed by atoms with Crippen molar-refractivity contribution in [3.05, 3.63) is 64.5 Å². The number of benzene rings is 2. The number of carbonyl (C=O) groups is 1. The fraction of sp³-hybridized carbons (Fsp3) is 0.278. The van der Waals surface area contributed by atoms with Crippen LogP contribution in [0.3, 0.4) is 0 Å². The Bertz CT molecular complexity index is 680. The van der Waals surface area contributed by atoms with Crippen LogP contribution in [-0.2, 0) is 22.6 Å². The minimum atomic E-state index is -0.386. The number of carbonyl (C=O) groups excluding carboxylic acids is 1. The van der Waals surface area contributed by atoms with Crippen LogP contribution in [0.1, 0.15) is 22.3 Å². The van der Waals surface area contributed by atoms with Crippen LogP contribution in [0.2, 0.25) is 0 Å². The molecule has 0 fully saturated rings. The van der Waals surface area contributed by atoms with Crippen LogP contribution in [0.5, 0.6) is 5.75 Å². The van der Waals surface area contributed by atoms with E-state index in [2.05, 4.69) is 0 Å². The zero-order chi connectivity index (χ0) is 16.1. The average molecular weight is 302 g/mol. The molecule has 0 aliphatic carbocycles. The minimum Gasteiger partial charge on any atom is -0.486 e. The molecule has 0 bridgehead atoms. The van der Waals surface area contributed by atoms with E-state index in [0.717, 1.165) is 22.3 Å². The molecule has 0 atom stereocenters. The van der Waals surface area contributed by atoms with Crippen molar-refractivity contribution in [3.63, 3.8) is 0 Å². The third-order valence-electron chi connectivity index (χ3n) is 3.53. The second-order valence-corrected chi connectivity index (χ2v) is 5.19. The number of rotatable bonds is 5. The Morgan fingerprint density at radius 3 is 2.64 bits per heavy atom. The van der Waals surface area contributed by atoms with Crippen molar-refractivity contribution in [2.75, 3.05) is 7.11 Å². The second kappa shape index (κ2) is 7.07. The van der Waals surface area contributed by atoms with Gasteiger partial charge in [-0.05, 0) is 48.2 Å². The molecule has 116 valence electrons. The number of halogens is 1. The molecule has 4 heteroatoms. The van der Waals surface area contributed by atoms with Crippen molar-refractivity contribution in [1.29, 1.82) is 0 Å². The number of hydrogen-bond donors (Lipinski definition) is 0. The lowest BCUT2D eigenvalue weighted by atomic mass is 10.0. The summed E-state index contributed by atoms with van der Waals surface area (Å²) in [6.07, 6.45) is 0.174. The number of methoxy groups -OCH3 is 1. The summed E-state index contributed by atoms with van der Waals surface area (Å²) in [4.78, 5) is 11.5. The first-order chi connectivity index (χ1) is 10.5. The summed E-state index contributed by atoms with van der Waals surface area (Å²) < 4.78 is 24.1. The highest BCUT2D eigenvalue weighted by Crippen LogP contribution is 2.22. The molecule has 2 aromatic carbocycles. The fourth-order valence-corrected chi connectivity index (χ4v) is 2.24. The molecule has 0 N–H and O–H groups in total. The van der Waals surface area contributed by atoms with E-state index >= 15 is 0 Å².